The summed E-state index contributed by atoms with van der Waals surface area (Å²) in [4.78, 5) is 0. The first-order valence-corrected chi connectivity index (χ1v) is 7.01. The fourth-order valence-electron chi connectivity index (χ4n) is 2.88. The average Bonchev–Trinajstić information content (AvgIpc) is 2.38. The quantitative estimate of drug-likeness (QED) is 0.770. The summed E-state index contributed by atoms with van der Waals surface area (Å²) in [6, 6.07) is 1.71. The molecule has 0 atom stereocenters. The number of anilines is 1. The van der Waals surface area contributed by atoms with Gasteiger partial charge in [-0.3, -0.25) is 0 Å². The number of nitrogens with one attached hydrogen (secondary N) is 1. The van der Waals surface area contributed by atoms with Crippen molar-refractivity contribution in [3.05, 3.63) is 29.6 Å². The Bertz CT molecular complexity index is 426. The minimum absolute atomic E-state index is 0.0589. The average molecular weight is 271 g/mol. The molecule has 1 aromatic carbocycles. The second-order valence-electron chi connectivity index (χ2n) is 5.40. The summed E-state index contributed by atoms with van der Waals surface area (Å²) in [5.74, 6) is -2.13. The number of hydrogen-bond donors (Lipinski definition) is 1. The highest BCUT2D eigenvalue weighted by atomic mass is 19.2. The molecule has 4 heteroatoms. The Balaban J connectivity index is 1.96. The third kappa shape index (κ3) is 3.64. The van der Waals surface area contributed by atoms with Crippen molar-refractivity contribution in [2.24, 2.45) is 5.92 Å². The molecule has 0 radical (unpaired) electrons. The van der Waals surface area contributed by atoms with Gasteiger partial charge in [0, 0.05) is 18.2 Å². The van der Waals surface area contributed by atoms with E-state index in [0.717, 1.165) is 37.7 Å². The smallest absolute Gasteiger partial charge is 0.182 e. The zero-order valence-electron chi connectivity index (χ0n) is 11.2. The largest absolute Gasteiger partial charge is 0.380 e. The van der Waals surface area contributed by atoms with Crippen molar-refractivity contribution in [1.82, 2.24) is 0 Å². The Morgan fingerprint density at radius 3 is 2.42 bits per heavy atom. The standard InChI is InChI=1S/C15H20F3N/c1-2-3-10-4-6-12(7-5-10)19-14-9-11(16)8-13(17)15(14)18/h8-10,12,19H,2-7H2,1H3. The van der Waals surface area contributed by atoms with E-state index in [4.69, 9.17) is 0 Å². The maximum Gasteiger partial charge on any atom is 0.182 e. The molecule has 0 saturated heterocycles. The van der Waals surface area contributed by atoms with Gasteiger partial charge in [0.15, 0.2) is 11.6 Å². The number of benzene rings is 1. The van der Waals surface area contributed by atoms with Crippen molar-refractivity contribution in [2.45, 2.75) is 51.5 Å². The minimum atomic E-state index is -1.14. The van der Waals surface area contributed by atoms with Crippen molar-refractivity contribution in [3.8, 4) is 0 Å². The highest BCUT2D eigenvalue weighted by Crippen LogP contribution is 2.30. The molecular formula is C15H20F3N. The van der Waals surface area contributed by atoms with E-state index >= 15 is 0 Å². The molecule has 1 nitrogen and oxygen atoms in total. The van der Waals surface area contributed by atoms with Gasteiger partial charge in [-0.05, 0) is 31.6 Å². The predicted octanol–water partition coefficient (Wildman–Crippen LogP) is 4.87. The topological polar surface area (TPSA) is 12.0 Å². The van der Waals surface area contributed by atoms with Crippen LogP contribution in [0.3, 0.4) is 0 Å². The lowest BCUT2D eigenvalue weighted by Crippen LogP contribution is -2.26. The Kier molecular flexibility index (Phi) is 4.72. The third-order valence-corrected chi connectivity index (χ3v) is 3.90. The Morgan fingerprint density at radius 2 is 1.79 bits per heavy atom. The Labute approximate surface area is 112 Å². The zero-order valence-corrected chi connectivity index (χ0v) is 11.2. The predicted molar refractivity (Wildman–Crippen MR) is 70.6 cm³/mol. The van der Waals surface area contributed by atoms with Gasteiger partial charge < -0.3 is 5.32 Å². The lowest BCUT2D eigenvalue weighted by Gasteiger charge is -2.29. The van der Waals surface area contributed by atoms with Gasteiger partial charge in [0.05, 0.1) is 5.69 Å². The lowest BCUT2D eigenvalue weighted by molar-refractivity contribution is 0.318. The van der Waals surface area contributed by atoms with E-state index in [1.54, 1.807) is 0 Å². The van der Waals surface area contributed by atoms with Gasteiger partial charge in [-0.15, -0.1) is 0 Å². The Hall–Kier alpha value is -1.19. The molecule has 1 saturated carbocycles. The molecule has 0 aromatic heterocycles. The number of rotatable bonds is 4. The number of hydrogen-bond acceptors (Lipinski definition) is 1. The molecule has 0 aliphatic heterocycles. The molecule has 1 aliphatic carbocycles. The number of halogens is 3. The fourth-order valence-corrected chi connectivity index (χ4v) is 2.88. The van der Waals surface area contributed by atoms with E-state index in [9.17, 15) is 13.2 Å². The molecule has 19 heavy (non-hydrogen) atoms. The van der Waals surface area contributed by atoms with Crippen LogP contribution in [0.1, 0.15) is 45.4 Å². The van der Waals surface area contributed by atoms with Gasteiger partial charge in [0.2, 0.25) is 0 Å². The van der Waals surface area contributed by atoms with E-state index in [2.05, 4.69) is 12.2 Å². The van der Waals surface area contributed by atoms with Gasteiger partial charge >= 0.3 is 0 Å². The second-order valence-corrected chi connectivity index (χ2v) is 5.40. The minimum Gasteiger partial charge on any atom is -0.380 e. The Morgan fingerprint density at radius 1 is 1.11 bits per heavy atom. The van der Waals surface area contributed by atoms with Gasteiger partial charge in [0.25, 0.3) is 0 Å². The fraction of sp³-hybridized carbons (Fsp3) is 0.600. The van der Waals surface area contributed by atoms with Crippen LogP contribution in [-0.2, 0) is 0 Å². The van der Waals surface area contributed by atoms with Crippen LogP contribution in [0.5, 0.6) is 0 Å². The van der Waals surface area contributed by atoms with Crippen LogP contribution < -0.4 is 5.32 Å². The second kappa shape index (κ2) is 6.31. The molecule has 106 valence electrons. The molecule has 0 bridgehead atoms. The molecule has 0 unspecified atom stereocenters. The van der Waals surface area contributed by atoms with Gasteiger partial charge in [-0.2, -0.15) is 0 Å². The van der Waals surface area contributed by atoms with E-state index in [0.29, 0.717) is 6.07 Å². The van der Waals surface area contributed by atoms with Crippen molar-refractivity contribution in [1.29, 1.82) is 0 Å². The molecule has 1 N–H and O–H groups in total. The van der Waals surface area contributed by atoms with Gasteiger partial charge in [-0.1, -0.05) is 19.8 Å². The zero-order chi connectivity index (χ0) is 13.8. The van der Waals surface area contributed by atoms with Crippen LogP contribution in [0.25, 0.3) is 0 Å². The van der Waals surface area contributed by atoms with Crippen LogP contribution in [0, 0.1) is 23.4 Å². The third-order valence-electron chi connectivity index (χ3n) is 3.90. The van der Waals surface area contributed by atoms with Crippen LogP contribution >= 0.6 is 0 Å². The summed E-state index contributed by atoms with van der Waals surface area (Å²) in [5, 5.41) is 2.94. The summed E-state index contributed by atoms with van der Waals surface area (Å²) in [6.45, 7) is 2.18. The maximum atomic E-state index is 13.5. The van der Waals surface area contributed by atoms with Crippen molar-refractivity contribution < 1.29 is 13.2 Å². The van der Waals surface area contributed by atoms with E-state index in [-0.39, 0.29) is 11.7 Å². The van der Waals surface area contributed by atoms with Crippen LogP contribution in [0.2, 0.25) is 0 Å². The molecule has 0 spiro atoms. The normalized spacial score (nSPS) is 23.4. The highest BCUT2D eigenvalue weighted by molar-refractivity contribution is 5.46. The molecular weight excluding hydrogens is 251 g/mol. The van der Waals surface area contributed by atoms with Crippen LogP contribution in [0.15, 0.2) is 12.1 Å². The monoisotopic (exact) mass is 271 g/mol. The van der Waals surface area contributed by atoms with Crippen molar-refractivity contribution in [3.63, 3.8) is 0 Å². The summed E-state index contributed by atoms with van der Waals surface area (Å²) in [7, 11) is 0. The summed E-state index contributed by atoms with van der Waals surface area (Å²) in [5.41, 5.74) is -0.0589. The summed E-state index contributed by atoms with van der Waals surface area (Å²) in [6.07, 6.45) is 6.49. The van der Waals surface area contributed by atoms with Gasteiger partial charge in [-0.25, -0.2) is 13.2 Å². The molecule has 1 fully saturated rings. The first-order chi connectivity index (χ1) is 9.10. The SMILES string of the molecule is CCCC1CCC(Nc2cc(F)cc(F)c2F)CC1. The van der Waals surface area contributed by atoms with E-state index in [1.807, 2.05) is 0 Å². The molecule has 1 aliphatic rings. The summed E-state index contributed by atoms with van der Waals surface area (Å²) >= 11 is 0. The lowest BCUT2D eigenvalue weighted by atomic mass is 9.83. The molecule has 0 amide bonds. The highest BCUT2D eigenvalue weighted by Gasteiger charge is 2.22. The van der Waals surface area contributed by atoms with E-state index < -0.39 is 17.5 Å². The molecule has 0 heterocycles. The first kappa shape index (κ1) is 14.2. The van der Waals surface area contributed by atoms with Gasteiger partial charge in [0.1, 0.15) is 5.82 Å². The summed E-state index contributed by atoms with van der Waals surface area (Å²) < 4.78 is 39.7. The van der Waals surface area contributed by atoms with E-state index in [1.165, 1.54) is 12.8 Å². The molecule has 2 rings (SSSR count). The molecule has 1 aromatic rings. The van der Waals surface area contributed by atoms with Crippen LogP contribution in [-0.4, -0.2) is 6.04 Å². The van der Waals surface area contributed by atoms with Crippen molar-refractivity contribution >= 4 is 5.69 Å². The maximum absolute atomic E-state index is 13.5. The van der Waals surface area contributed by atoms with Crippen LogP contribution in [0.4, 0.5) is 18.9 Å². The first-order valence-electron chi connectivity index (χ1n) is 7.01. The van der Waals surface area contributed by atoms with Crippen molar-refractivity contribution in [2.75, 3.05) is 5.32 Å².